The van der Waals surface area contributed by atoms with Gasteiger partial charge < -0.3 is 9.42 Å². The zero-order valence-electron chi connectivity index (χ0n) is 13.3. The number of benzene rings is 1. The summed E-state index contributed by atoms with van der Waals surface area (Å²) < 4.78 is 19.4. The van der Waals surface area contributed by atoms with Gasteiger partial charge in [0.2, 0.25) is 0 Å². The van der Waals surface area contributed by atoms with E-state index in [2.05, 4.69) is 10.1 Å². The molecule has 1 saturated heterocycles. The van der Waals surface area contributed by atoms with Crippen molar-refractivity contribution in [2.24, 2.45) is 0 Å². The molecule has 0 bridgehead atoms. The van der Waals surface area contributed by atoms with E-state index in [1.165, 1.54) is 6.07 Å². The molecule has 4 rings (SSSR count). The number of halogens is 1. The number of nitrogens with zero attached hydrogens (tertiary/aromatic N) is 3. The third-order valence-electron chi connectivity index (χ3n) is 4.39. The van der Waals surface area contributed by atoms with E-state index >= 15 is 0 Å². The van der Waals surface area contributed by atoms with E-state index in [0.717, 1.165) is 25.9 Å². The van der Waals surface area contributed by atoms with Crippen LogP contribution < -0.4 is 0 Å². The van der Waals surface area contributed by atoms with Crippen molar-refractivity contribution < 1.29 is 13.7 Å². The molecule has 122 valence electrons. The molecule has 1 aliphatic rings. The van der Waals surface area contributed by atoms with Crippen LogP contribution in [0.4, 0.5) is 4.39 Å². The average molecular weight is 325 g/mol. The van der Waals surface area contributed by atoms with E-state index in [4.69, 9.17) is 4.52 Å². The first-order chi connectivity index (χ1) is 11.6. The minimum Gasteiger partial charge on any atom is -0.339 e. The third kappa shape index (κ3) is 2.35. The molecule has 0 aliphatic carbocycles. The fourth-order valence-electron chi connectivity index (χ4n) is 3.16. The Morgan fingerprint density at radius 1 is 1.25 bits per heavy atom. The number of hydrogen-bond donors (Lipinski definition) is 0. The Balaban J connectivity index is 1.92. The summed E-state index contributed by atoms with van der Waals surface area (Å²) in [5, 5.41) is 4.52. The monoisotopic (exact) mass is 325 g/mol. The Hall–Kier alpha value is -2.76. The van der Waals surface area contributed by atoms with Gasteiger partial charge in [-0.2, -0.15) is 0 Å². The average Bonchev–Trinajstić information content (AvgIpc) is 3.24. The van der Waals surface area contributed by atoms with E-state index in [0.29, 0.717) is 27.9 Å². The van der Waals surface area contributed by atoms with Crippen LogP contribution in [0, 0.1) is 12.7 Å². The molecule has 1 fully saturated rings. The molecule has 3 aromatic rings. The van der Waals surface area contributed by atoms with Crippen molar-refractivity contribution >= 4 is 17.0 Å². The van der Waals surface area contributed by atoms with Crippen LogP contribution >= 0.6 is 0 Å². The summed E-state index contributed by atoms with van der Waals surface area (Å²) in [6.45, 7) is 3.25. The summed E-state index contributed by atoms with van der Waals surface area (Å²) in [6.07, 6.45) is 2.01. The summed E-state index contributed by atoms with van der Waals surface area (Å²) in [7, 11) is 0. The van der Waals surface area contributed by atoms with Gasteiger partial charge in [0.25, 0.3) is 11.6 Å². The van der Waals surface area contributed by atoms with E-state index in [1.54, 1.807) is 31.2 Å². The molecule has 1 amide bonds. The van der Waals surface area contributed by atoms with Crippen LogP contribution in [0.2, 0.25) is 0 Å². The number of carbonyl (C=O) groups is 1. The van der Waals surface area contributed by atoms with Gasteiger partial charge in [0.1, 0.15) is 5.82 Å². The third-order valence-corrected chi connectivity index (χ3v) is 4.39. The number of fused-ring (bicyclic) bond motifs is 1. The summed E-state index contributed by atoms with van der Waals surface area (Å²) in [5.41, 5.74) is 2.05. The maximum Gasteiger partial charge on any atom is 0.259 e. The number of pyridine rings is 1. The van der Waals surface area contributed by atoms with Gasteiger partial charge in [-0.05, 0) is 38.0 Å². The van der Waals surface area contributed by atoms with Crippen molar-refractivity contribution in [3.63, 3.8) is 0 Å². The molecule has 1 aromatic carbocycles. The molecule has 3 heterocycles. The van der Waals surface area contributed by atoms with Crippen LogP contribution in [0.1, 0.15) is 28.9 Å². The number of aromatic nitrogens is 2. The van der Waals surface area contributed by atoms with Crippen LogP contribution in [0.5, 0.6) is 0 Å². The molecule has 0 saturated carbocycles. The second-order valence-corrected chi connectivity index (χ2v) is 5.98. The first-order valence-corrected chi connectivity index (χ1v) is 7.96. The van der Waals surface area contributed by atoms with E-state index in [1.807, 2.05) is 4.90 Å². The Morgan fingerprint density at radius 2 is 2.00 bits per heavy atom. The predicted octanol–water partition coefficient (Wildman–Crippen LogP) is 3.57. The van der Waals surface area contributed by atoms with Crippen molar-refractivity contribution in [1.82, 2.24) is 15.0 Å². The molecule has 0 radical (unpaired) electrons. The molecule has 1 aliphatic heterocycles. The largest absolute Gasteiger partial charge is 0.339 e. The molecule has 24 heavy (non-hydrogen) atoms. The first kappa shape index (κ1) is 14.8. The highest BCUT2D eigenvalue weighted by molar-refractivity contribution is 6.07. The summed E-state index contributed by atoms with van der Waals surface area (Å²) in [6, 6.07) is 8.00. The maximum atomic E-state index is 14.1. The van der Waals surface area contributed by atoms with Gasteiger partial charge in [-0.15, -0.1) is 0 Å². The second kappa shape index (κ2) is 5.70. The van der Waals surface area contributed by atoms with Gasteiger partial charge in [-0.3, -0.25) is 4.79 Å². The highest BCUT2D eigenvalue weighted by Crippen LogP contribution is 2.29. The number of amides is 1. The number of aryl methyl sites for hydroxylation is 1. The molecule has 0 atom stereocenters. The van der Waals surface area contributed by atoms with Crippen LogP contribution in [0.15, 0.2) is 34.9 Å². The number of likely N-dealkylation sites (tertiary alicyclic amines) is 1. The quantitative estimate of drug-likeness (QED) is 0.723. The molecular weight excluding hydrogens is 309 g/mol. The van der Waals surface area contributed by atoms with Gasteiger partial charge in [0, 0.05) is 18.7 Å². The van der Waals surface area contributed by atoms with Gasteiger partial charge in [0.05, 0.1) is 22.3 Å². The summed E-state index contributed by atoms with van der Waals surface area (Å²) in [4.78, 5) is 19.1. The maximum absolute atomic E-state index is 14.1. The fourth-order valence-corrected chi connectivity index (χ4v) is 3.16. The lowest BCUT2D eigenvalue weighted by Crippen LogP contribution is -2.28. The van der Waals surface area contributed by atoms with Crippen molar-refractivity contribution in [2.45, 2.75) is 19.8 Å². The lowest BCUT2D eigenvalue weighted by Gasteiger charge is -2.16. The van der Waals surface area contributed by atoms with Crippen LogP contribution in [0.25, 0.3) is 22.4 Å². The highest BCUT2D eigenvalue weighted by atomic mass is 19.1. The van der Waals surface area contributed by atoms with Crippen LogP contribution in [0.3, 0.4) is 0 Å². The Kier molecular flexibility index (Phi) is 3.52. The molecular formula is C18H16FN3O2. The second-order valence-electron chi connectivity index (χ2n) is 5.98. The SMILES string of the molecule is Cc1noc2nc(-c3ccccc3F)cc(C(=O)N3CCCC3)c12. The molecule has 0 spiro atoms. The topological polar surface area (TPSA) is 59.2 Å². The van der Waals surface area contributed by atoms with Gasteiger partial charge in [-0.1, -0.05) is 17.3 Å². The standard InChI is InChI=1S/C18H16FN3O2/c1-11-16-13(18(23)22-8-4-5-9-22)10-15(20-17(16)24-21-11)12-6-2-3-7-14(12)19/h2-3,6-7,10H,4-5,8-9H2,1H3. The number of rotatable bonds is 2. The van der Waals surface area contributed by atoms with E-state index < -0.39 is 0 Å². The molecule has 5 nitrogen and oxygen atoms in total. The van der Waals surface area contributed by atoms with Crippen molar-refractivity contribution in [3.05, 3.63) is 47.4 Å². The lowest BCUT2D eigenvalue weighted by molar-refractivity contribution is 0.0794. The Labute approximate surface area is 138 Å². The zero-order chi connectivity index (χ0) is 16.7. The predicted molar refractivity (Wildman–Crippen MR) is 87.1 cm³/mol. The molecule has 2 aromatic heterocycles. The van der Waals surface area contributed by atoms with Crippen molar-refractivity contribution in [1.29, 1.82) is 0 Å². The van der Waals surface area contributed by atoms with E-state index in [9.17, 15) is 9.18 Å². The minimum atomic E-state index is -0.389. The van der Waals surface area contributed by atoms with Gasteiger partial charge in [0.15, 0.2) is 0 Å². The number of hydrogen-bond acceptors (Lipinski definition) is 4. The molecule has 0 unspecified atom stereocenters. The van der Waals surface area contributed by atoms with Crippen molar-refractivity contribution in [3.8, 4) is 11.3 Å². The zero-order valence-corrected chi connectivity index (χ0v) is 13.3. The lowest BCUT2D eigenvalue weighted by atomic mass is 10.0. The summed E-state index contributed by atoms with van der Waals surface area (Å²) in [5.74, 6) is -0.469. The van der Waals surface area contributed by atoms with Crippen molar-refractivity contribution in [2.75, 3.05) is 13.1 Å². The van der Waals surface area contributed by atoms with Gasteiger partial charge >= 0.3 is 0 Å². The summed E-state index contributed by atoms with van der Waals surface area (Å²) >= 11 is 0. The van der Waals surface area contributed by atoms with E-state index in [-0.39, 0.29) is 17.4 Å². The molecule has 0 N–H and O–H groups in total. The Morgan fingerprint density at radius 3 is 2.75 bits per heavy atom. The van der Waals surface area contributed by atoms with Gasteiger partial charge in [-0.25, -0.2) is 9.37 Å². The van der Waals surface area contributed by atoms with Crippen LogP contribution in [-0.2, 0) is 0 Å². The fraction of sp³-hybridized carbons (Fsp3) is 0.278. The normalized spacial score (nSPS) is 14.5. The van der Waals surface area contributed by atoms with Crippen LogP contribution in [-0.4, -0.2) is 34.0 Å². The minimum absolute atomic E-state index is 0.0798. The Bertz CT molecular complexity index is 929. The smallest absolute Gasteiger partial charge is 0.259 e. The number of carbonyl (C=O) groups excluding carboxylic acids is 1. The highest BCUT2D eigenvalue weighted by Gasteiger charge is 2.25. The molecule has 6 heteroatoms. The first-order valence-electron chi connectivity index (χ1n) is 7.96.